The van der Waals surface area contributed by atoms with Crippen LogP contribution in [0.5, 0.6) is 5.75 Å². The molecular weight excluding hydrogens is 396 g/mol. The first-order valence-corrected chi connectivity index (χ1v) is 9.21. The highest BCUT2D eigenvalue weighted by Gasteiger charge is 2.64. The number of ketones is 2. The van der Waals surface area contributed by atoms with Gasteiger partial charge >= 0.3 is 0 Å². The fraction of sp³-hybridized carbons (Fsp3) is 0.350. The first kappa shape index (κ1) is 19.9. The molecule has 0 spiro atoms. The molecule has 2 unspecified atom stereocenters. The maximum Gasteiger partial charge on any atom is 0.255 e. The number of rotatable bonds is 1. The van der Waals surface area contributed by atoms with Crippen LogP contribution in [-0.4, -0.2) is 54.7 Å². The van der Waals surface area contributed by atoms with Gasteiger partial charge in [0.15, 0.2) is 11.4 Å². The topological polar surface area (TPSA) is 204 Å². The van der Waals surface area contributed by atoms with Gasteiger partial charge in [0.1, 0.15) is 22.8 Å². The standard InChI is InChI=1S/C20H20N2O8/c1-5-6-2-3-8(21)15(25)11(6)16(26)13-10(5)14(24)7-4-9(23)12(19(22)29)17(27)20(7,30)18(13)28/h2-3,5,7,10,14,24-27,30H,4,21H2,1H3,(H2,22,29)/t5-,7?,10?,14+,20+/m0/s1. The van der Waals surface area contributed by atoms with Gasteiger partial charge in [-0.1, -0.05) is 13.0 Å². The van der Waals surface area contributed by atoms with Crippen LogP contribution in [0.2, 0.25) is 0 Å². The Balaban J connectivity index is 2.03. The number of aliphatic hydroxyl groups excluding tert-OH is 3. The molecule has 30 heavy (non-hydrogen) atoms. The minimum absolute atomic E-state index is 0.0611. The lowest BCUT2D eigenvalue weighted by molar-refractivity contribution is -0.160. The van der Waals surface area contributed by atoms with E-state index in [-0.39, 0.29) is 11.3 Å². The Bertz CT molecular complexity index is 1100. The van der Waals surface area contributed by atoms with Gasteiger partial charge < -0.3 is 37.0 Å². The van der Waals surface area contributed by atoms with E-state index in [2.05, 4.69) is 0 Å². The van der Waals surface area contributed by atoms with Crippen molar-refractivity contribution in [3.8, 4) is 5.75 Å². The predicted octanol–water partition coefficient (Wildman–Crippen LogP) is -0.462. The summed E-state index contributed by atoms with van der Waals surface area (Å²) >= 11 is 0. The van der Waals surface area contributed by atoms with Gasteiger partial charge in [-0.05, 0) is 17.5 Å². The second-order valence-electron chi connectivity index (χ2n) is 7.95. The molecule has 0 radical (unpaired) electrons. The molecule has 0 heterocycles. The van der Waals surface area contributed by atoms with E-state index in [0.717, 1.165) is 0 Å². The SMILES string of the molecule is C[C@H]1c2ccc(N)c(O)c2C(O)=C2C(=O)[C@]3(O)C(O)=C(C(N)=O)C(=O)CC3[C@@H](O)C21. The average Bonchev–Trinajstić information content (AvgIpc) is 2.67. The Morgan fingerprint density at radius 1 is 1.20 bits per heavy atom. The van der Waals surface area contributed by atoms with Crippen molar-refractivity contribution >= 4 is 28.9 Å². The summed E-state index contributed by atoms with van der Waals surface area (Å²) in [6.45, 7) is 1.64. The summed E-state index contributed by atoms with van der Waals surface area (Å²) in [5.74, 6) is -9.01. The molecule has 10 heteroatoms. The van der Waals surface area contributed by atoms with Crippen molar-refractivity contribution in [1.29, 1.82) is 0 Å². The van der Waals surface area contributed by atoms with Crippen molar-refractivity contribution in [3.63, 3.8) is 0 Å². The van der Waals surface area contributed by atoms with Gasteiger partial charge in [0.25, 0.3) is 5.91 Å². The van der Waals surface area contributed by atoms with E-state index in [9.17, 15) is 39.9 Å². The maximum absolute atomic E-state index is 13.4. The number of hydrogen-bond acceptors (Lipinski definition) is 9. The monoisotopic (exact) mass is 416 g/mol. The van der Waals surface area contributed by atoms with Crippen LogP contribution in [0.1, 0.15) is 30.4 Å². The molecule has 1 aromatic rings. The third-order valence-electron chi connectivity index (χ3n) is 6.53. The smallest absolute Gasteiger partial charge is 0.255 e. The van der Waals surface area contributed by atoms with E-state index < -0.39 is 81.8 Å². The normalized spacial score (nSPS) is 33.2. The molecule has 158 valence electrons. The fourth-order valence-corrected chi connectivity index (χ4v) is 5.01. The third kappa shape index (κ3) is 2.17. The number of amides is 1. The van der Waals surface area contributed by atoms with E-state index in [1.807, 2.05) is 0 Å². The van der Waals surface area contributed by atoms with Gasteiger partial charge in [0, 0.05) is 23.8 Å². The Labute approximate surface area is 169 Å². The van der Waals surface area contributed by atoms with Crippen LogP contribution in [0.3, 0.4) is 0 Å². The number of hydrogen-bond donors (Lipinski definition) is 7. The molecule has 3 aliphatic carbocycles. The minimum atomic E-state index is -2.84. The number of primary amides is 1. The third-order valence-corrected chi connectivity index (χ3v) is 6.53. The van der Waals surface area contributed by atoms with Gasteiger partial charge in [-0.15, -0.1) is 0 Å². The quantitative estimate of drug-likeness (QED) is 0.179. The van der Waals surface area contributed by atoms with Crippen LogP contribution >= 0.6 is 0 Å². The van der Waals surface area contributed by atoms with Crippen molar-refractivity contribution in [1.82, 2.24) is 0 Å². The summed E-state index contributed by atoms with van der Waals surface area (Å²) in [7, 11) is 0. The number of fused-ring (bicyclic) bond motifs is 3. The lowest BCUT2D eigenvalue weighted by Crippen LogP contribution is -2.63. The highest BCUT2D eigenvalue weighted by molar-refractivity contribution is 6.23. The fourth-order valence-electron chi connectivity index (χ4n) is 5.01. The Morgan fingerprint density at radius 2 is 1.83 bits per heavy atom. The second-order valence-corrected chi connectivity index (χ2v) is 7.95. The largest absolute Gasteiger partial charge is 0.508 e. The number of Topliss-reactive ketones (excluding diaryl/α,β-unsaturated/α-hetero) is 2. The van der Waals surface area contributed by atoms with Crippen molar-refractivity contribution in [2.75, 3.05) is 5.73 Å². The van der Waals surface area contributed by atoms with Gasteiger partial charge in [0.2, 0.25) is 5.78 Å². The second kappa shape index (κ2) is 6.07. The van der Waals surface area contributed by atoms with Crippen LogP contribution in [-0.2, 0) is 14.4 Å². The summed E-state index contributed by atoms with van der Waals surface area (Å²) in [5, 5.41) is 53.9. The molecule has 0 aliphatic heterocycles. The Hall–Kier alpha value is -3.37. The van der Waals surface area contributed by atoms with E-state index in [1.54, 1.807) is 6.92 Å². The summed E-state index contributed by atoms with van der Waals surface area (Å²) in [4.78, 5) is 37.3. The Kier molecular flexibility index (Phi) is 4.03. The highest BCUT2D eigenvalue weighted by Crippen LogP contribution is 2.55. The Morgan fingerprint density at radius 3 is 2.43 bits per heavy atom. The molecule has 5 atom stereocenters. The van der Waals surface area contributed by atoms with Crippen molar-refractivity contribution < 1.29 is 39.9 Å². The number of anilines is 1. The highest BCUT2D eigenvalue weighted by atomic mass is 16.4. The maximum atomic E-state index is 13.4. The van der Waals surface area contributed by atoms with E-state index in [1.165, 1.54) is 12.1 Å². The van der Waals surface area contributed by atoms with E-state index >= 15 is 0 Å². The molecule has 0 saturated heterocycles. The minimum Gasteiger partial charge on any atom is -0.508 e. The zero-order valence-corrected chi connectivity index (χ0v) is 15.8. The van der Waals surface area contributed by atoms with E-state index in [4.69, 9.17) is 11.5 Å². The van der Waals surface area contributed by atoms with Crippen LogP contribution < -0.4 is 11.5 Å². The molecular formula is C20H20N2O8. The lowest BCUT2D eigenvalue weighted by atomic mass is 9.55. The molecule has 1 fully saturated rings. The zero-order chi connectivity index (χ0) is 22.3. The lowest BCUT2D eigenvalue weighted by Gasteiger charge is -2.50. The predicted molar refractivity (Wildman–Crippen MR) is 102 cm³/mol. The van der Waals surface area contributed by atoms with Gasteiger partial charge in [-0.2, -0.15) is 0 Å². The number of aliphatic hydroxyl groups is 4. The van der Waals surface area contributed by atoms with Crippen LogP contribution in [0, 0.1) is 11.8 Å². The number of nitrogens with two attached hydrogens (primary N) is 2. The van der Waals surface area contributed by atoms with Crippen LogP contribution in [0.15, 0.2) is 29.0 Å². The van der Waals surface area contributed by atoms with E-state index in [0.29, 0.717) is 5.56 Å². The number of carbonyl (C=O) groups excluding carboxylic acids is 3. The van der Waals surface area contributed by atoms with Crippen LogP contribution in [0.25, 0.3) is 5.76 Å². The number of aromatic hydroxyl groups is 1. The number of carbonyl (C=O) groups is 3. The number of nitrogen functional groups attached to an aromatic ring is 1. The molecule has 1 amide bonds. The van der Waals surface area contributed by atoms with Gasteiger partial charge in [-0.3, -0.25) is 14.4 Å². The van der Waals surface area contributed by atoms with Crippen molar-refractivity contribution in [2.24, 2.45) is 17.6 Å². The summed E-state index contributed by atoms with van der Waals surface area (Å²) in [5.41, 5.74) is 6.83. The number of phenols is 1. The molecule has 1 saturated carbocycles. The molecule has 3 aliphatic rings. The average molecular weight is 416 g/mol. The zero-order valence-electron chi connectivity index (χ0n) is 15.8. The van der Waals surface area contributed by atoms with Crippen molar-refractivity contribution in [2.45, 2.75) is 31.0 Å². The molecule has 1 aromatic carbocycles. The van der Waals surface area contributed by atoms with Crippen LogP contribution in [0.4, 0.5) is 5.69 Å². The molecule has 10 nitrogen and oxygen atoms in total. The summed E-state index contributed by atoms with van der Waals surface area (Å²) in [6, 6.07) is 2.95. The van der Waals surface area contributed by atoms with Crippen molar-refractivity contribution in [3.05, 3.63) is 40.2 Å². The molecule has 0 bridgehead atoms. The first-order valence-electron chi connectivity index (χ1n) is 9.21. The molecule has 4 rings (SSSR count). The van der Waals surface area contributed by atoms with Gasteiger partial charge in [0.05, 0.1) is 17.4 Å². The molecule has 0 aromatic heterocycles. The molecule has 9 N–H and O–H groups in total. The summed E-state index contributed by atoms with van der Waals surface area (Å²) in [6.07, 6.45) is -2.16. The number of phenolic OH excluding ortho intramolecular Hbond substituents is 1. The summed E-state index contributed by atoms with van der Waals surface area (Å²) < 4.78 is 0. The first-order chi connectivity index (χ1) is 13.9. The number of benzene rings is 1. The van der Waals surface area contributed by atoms with Gasteiger partial charge in [-0.25, -0.2) is 0 Å².